The third-order valence-corrected chi connectivity index (χ3v) is 4.38. The van der Waals surface area contributed by atoms with E-state index in [1.807, 2.05) is 24.8 Å². The molecule has 0 unspecified atom stereocenters. The van der Waals surface area contributed by atoms with Crippen molar-refractivity contribution in [3.63, 3.8) is 0 Å². The summed E-state index contributed by atoms with van der Waals surface area (Å²) in [5.74, 6) is 1.64. The van der Waals surface area contributed by atoms with Crippen molar-refractivity contribution in [2.75, 3.05) is 19.8 Å². The molecule has 0 bridgehead atoms. The Hall–Kier alpha value is -1.75. The lowest BCUT2D eigenvalue weighted by Gasteiger charge is -2.31. The molecule has 0 atom stereocenters. The smallest absolute Gasteiger partial charge is 0.242 e. The van der Waals surface area contributed by atoms with Crippen LogP contribution in [0.15, 0.2) is 12.1 Å². The topological polar surface area (TPSA) is 64.8 Å². The number of hydrogen-bond acceptors (Lipinski definition) is 4. The Balaban J connectivity index is 1.83. The van der Waals surface area contributed by atoms with Crippen molar-refractivity contribution < 1.29 is 14.3 Å². The highest BCUT2D eigenvalue weighted by Gasteiger charge is 2.48. The second-order valence-electron chi connectivity index (χ2n) is 6.07. The monoisotopic (exact) mass is 304 g/mol. The number of hydrogen-bond donors (Lipinski definition) is 1. The molecular formula is C17H24N2O3. The van der Waals surface area contributed by atoms with Crippen molar-refractivity contribution in [2.45, 2.75) is 45.2 Å². The van der Waals surface area contributed by atoms with Gasteiger partial charge in [-0.25, -0.2) is 0 Å². The molecule has 2 N–H and O–H groups in total. The van der Waals surface area contributed by atoms with Gasteiger partial charge in [-0.2, -0.15) is 0 Å². The molecule has 0 aromatic heterocycles. The van der Waals surface area contributed by atoms with E-state index in [1.54, 1.807) is 0 Å². The molecule has 1 aromatic rings. The summed E-state index contributed by atoms with van der Waals surface area (Å²) >= 11 is 0. The highest BCUT2D eigenvalue weighted by Crippen LogP contribution is 2.37. The molecule has 1 aliphatic carbocycles. The zero-order chi connectivity index (χ0) is 15.7. The van der Waals surface area contributed by atoms with Crippen molar-refractivity contribution in [2.24, 2.45) is 5.73 Å². The molecule has 1 saturated carbocycles. The molecular weight excluding hydrogens is 280 g/mol. The third kappa shape index (κ3) is 2.77. The number of ether oxygens (including phenoxy) is 2. The van der Waals surface area contributed by atoms with Gasteiger partial charge in [0.05, 0.1) is 18.8 Å². The highest BCUT2D eigenvalue weighted by atomic mass is 16.5. The summed E-state index contributed by atoms with van der Waals surface area (Å²) in [5.41, 5.74) is 7.82. The van der Waals surface area contributed by atoms with Crippen molar-refractivity contribution in [3.8, 4) is 11.5 Å². The van der Waals surface area contributed by atoms with Gasteiger partial charge in [0, 0.05) is 13.1 Å². The molecule has 0 radical (unpaired) electrons. The van der Waals surface area contributed by atoms with Gasteiger partial charge < -0.3 is 20.1 Å². The molecule has 1 amide bonds. The average molecular weight is 304 g/mol. The normalized spacial score (nSPS) is 18.6. The summed E-state index contributed by atoms with van der Waals surface area (Å²) in [6.45, 7) is 6.46. The minimum absolute atomic E-state index is 0.0880. The summed E-state index contributed by atoms with van der Waals surface area (Å²) in [6.07, 6.45) is 2.45. The Kier molecular flexibility index (Phi) is 4.00. The maximum atomic E-state index is 12.4. The number of carbonyl (C=O) groups excluding carboxylic acids is 1. The number of amides is 1. The summed E-state index contributed by atoms with van der Waals surface area (Å²) in [7, 11) is 0. The maximum Gasteiger partial charge on any atom is 0.242 e. The first-order valence-corrected chi connectivity index (χ1v) is 8.07. The first-order valence-electron chi connectivity index (χ1n) is 8.07. The summed E-state index contributed by atoms with van der Waals surface area (Å²) in [6, 6.07) is 4.07. The molecule has 0 spiro atoms. The number of fused-ring (bicyclic) bond motifs is 1. The van der Waals surface area contributed by atoms with E-state index in [4.69, 9.17) is 15.2 Å². The average Bonchev–Trinajstić information content (AvgIpc) is 3.26. The lowest BCUT2D eigenvalue weighted by molar-refractivity contribution is -0.134. The Labute approximate surface area is 131 Å². The van der Waals surface area contributed by atoms with Crippen LogP contribution >= 0.6 is 0 Å². The first-order chi connectivity index (χ1) is 10.6. The Morgan fingerprint density at radius 3 is 2.32 bits per heavy atom. The maximum absolute atomic E-state index is 12.4. The fourth-order valence-electron chi connectivity index (χ4n) is 2.94. The van der Waals surface area contributed by atoms with Crippen LogP contribution in [0, 0.1) is 0 Å². The molecule has 0 saturated heterocycles. The highest BCUT2D eigenvalue weighted by molar-refractivity contribution is 5.89. The van der Waals surface area contributed by atoms with E-state index in [0.29, 0.717) is 19.8 Å². The van der Waals surface area contributed by atoms with Gasteiger partial charge in [-0.3, -0.25) is 4.79 Å². The van der Waals surface area contributed by atoms with E-state index in [1.165, 1.54) is 5.56 Å². The van der Waals surface area contributed by atoms with Crippen LogP contribution in [-0.2, 0) is 17.8 Å². The summed E-state index contributed by atoms with van der Waals surface area (Å²) < 4.78 is 11.3. The van der Waals surface area contributed by atoms with Gasteiger partial charge in [0.2, 0.25) is 5.91 Å². The first kappa shape index (κ1) is 15.2. The molecule has 5 nitrogen and oxygen atoms in total. The Bertz CT molecular complexity index is 582. The van der Waals surface area contributed by atoms with Crippen LogP contribution < -0.4 is 15.2 Å². The predicted molar refractivity (Wildman–Crippen MR) is 84.1 cm³/mol. The van der Waals surface area contributed by atoms with Crippen molar-refractivity contribution in [3.05, 3.63) is 23.3 Å². The van der Waals surface area contributed by atoms with Crippen molar-refractivity contribution >= 4 is 5.91 Å². The molecule has 1 aliphatic heterocycles. The van der Waals surface area contributed by atoms with E-state index >= 15 is 0 Å². The van der Waals surface area contributed by atoms with Crippen molar-refractivity contribution in [1.82, 2.24) is 4.90 Å². The van der Waals surface area contributed by atoms with Crippen LogP contribution in [0.1, 0.15) is 37.8 Å². The van der Waals surface area contributed by atoms with Gasteiger partial charge in [-0.05, 0) is 56.4 Å². The number of nitrogens with two attached hydrogens (primary N) is 1. The van der Waals surface area contributed by atoms with Crippen molar-refractivity contribution in [1.29, 1.82) is 0 Å². The van der Waals surface area contributed by atoms with Gasteiger partial charge in [0.1, 0.15) is 0 Å². The second-order valence-corrected chi connectivity index (χ2v) is 6.07. The van der Waals surface area contributed by atoms with E-state index in [2.05, 4.69) is 6.07 Å². The molecule has 120 valence electrons. The lowest BCUT2D eigenvalue weighted by Crippen LogP contribution is -2.47. The molecule has 3 rings (SSSR count). The van der Waals surface area contributed by atoms with Crippen LogP contribution in [0.25, 0.3) is 0 Å². The van der Waals surface area contributed by atoms with Gasteiger partial charge in [0.25, 0.3) is 0 Å². The largest absolute Gasteiger partial charge is 0.490 e. The van der Waals surface area contributed by atoms with Crippen LogP contribution in [-0.4, -0.2) is 36.1 Å². The fraction of sp³-hybridized carbons (Fsp3) is 0.588. The summed E-state index contributed by atoms with van der Waals surface area (Å²) in [5, 5.41) is 0. The van der Waals surface area contributed by atoms with Crippen LogP contribution in [0.4, 0.5) is 0 Å². The van der Waals surface area contributed by atoms with Crippen LogP contribution in [0.2, 0.25) is 0 Å². The van der Waals surface area contributed by atoms with E-state index < -0.39 is 5.54 Å². The molecule has 5 heteroatoms. The fourth-order valence-corrected chi connectivity index (χ4v) is 2.94. The van der Waals surface area contributed by atoms with Crippen LogP contribution in [0.5, 0.6) is 11.5 Å². The molecule has 22 heavy (non-hydrogen) atoms. The number of carbonyl (C=O) groups is 1. The Morgan fingerprint density at radius 1 is 1.18 bits per heavy atom. The molecule has 1 fully saturated rings. The third-order valence-electron chi connectivity index (χ3n) is 4.38. The van der Waals surface area contributed by atoms with Gasteiger partial charge in [0.15, 0.2) is 11.5 Å². The van der Waals surface area contributed by atoms with Gasteiger partial charge in [-0.15, -0.1) is 0 Å². The van der Waals surface area contributed by atoms with E-state index in [-0.39, 0.29) is 5.91 Å². The zero-order valence-corrected chi connectivity index (χ0v) is 13.4. The molecule has 1 aromatic carbocycles. The predicted octanol–water partition coefficient (Wildman–Crippen LogP) is 1.86. The standard InChI is InChI=1S/C17H24N2O3/c1-3-21-14-9-12-5-8-19(16(20)17(18)6-7-17)11-13(12)10-15(14)22-4-2/h9-10H,3-8,11,18H2,1-2H3. The molecule has 2 aliphatic rings. The minimum atomic E-state index is -0.592. The number of nitrogens with zero attached hydrogens (tertiary/aromatic N) is 1. The summed E-state index contributed by atoms with van der Waals surface area (Å²) in [4.78, 5) is 14.3. The van der Waals surface area contributed by atoms with E-state index in [0.717, 1.165) is 42.9 Å². The zero-order valence-electron chi connectivity index (χ0n) is 13.4. The number of rotatable bonds is 5. The Morgan fingerprint density at radius 2 is 1.77 bits per heavy atom. The van der Waals surface area contributed by atoms with E-state index in [9.17, 15) is 4.79 Å². The quantitative estimate of drug-likeness (QED) is 0.902. The van der Waals surface area contributed by atoms with Gasteiger partial charge >= 0.3 is 0 Å². The lowest BCUT2D eigenvalue weighted by atomic mass is 9.98. The second kappa shape index (κ2) is 5.80. The SMILES string of the molecule is CCOc1cc2c(cc1OCC)CN(C(=O)C1(N)CC1)CC2. The molecule has 1 heterocycles. The van der Waals surface area contributed by atoms with Gasteiger partial charge in [-0.1, -0.05) is 0 Å². The minimum Gasteiger partial charge on any atom is -0.490 e. The number of benzene rings is 1. The van der Waals surface area contributed by atoms with Crippen LogP contribution in [0.3, 0.4) is 0 Å².